The number of hydrogen-bond donors (Lipinski definition) is 1. The molecule has 5 heteroatoms. The number of amides is 1. The van der Waals surface area contributed by atoms with Crippen LogP contribution in [0.15, 0.2) is 114 Å². The summed E-state index contributed by atoms with van der Waals surface area (Å²) in [6.07, 6.45) is 0.735. The fourth-order valence-electron chi connectivity index (χ4n) is 5.27. The molecule has 0 unspecified atom stereocenters. The number of aliphatic carboxylic acids is 1. The van der Waals surface area contributed by atoms with E-state index in [0.717, 1.165) is 60.6 Å². The number of benzene rings is 5. The summed E-state index contributed by atoms with van der Waals surface area (Å²) in [5.41, 5.74) is 5.64. The Labute approximate surface area is 255 Å². The van der Waals surface area contributed by atoms with Gasteiger partial charge in [0.2, 0.25) is 0 Å². The van der Waals surface area contributed by atoms with E-state index in [1.54, 1.807) is 13.8 Å². The zero-order chi connectivity index (χ0) is 29.9. The molecular formula is C37H34BrNO3. The van der Waals surface area contributed by atoms with Crippen LogP contribution in [0.2, 0.25) is 0 Å². The van der Waals surface area contributed by atoms with Gasteiger partial charge >= 0.3 is 5.97 Å². The molecule has 0 saturated heterocycles. The van der Waals surface area contributed by atoms with Gasteiger partial charge in [-0.3, -0.25) is 9.59 Å². The molecule has 0 bridgehead atoms. The molecule has 0 atom stereocenters. The first-order chi connectivity index (χ1) is 20.1. The number of carboxylic acid groups (broad SMARTS) is 1. The average molecular weight is 621 g/mol. The Balaban J connectivity index is 1.44. The SMILES string of the molecule is Cc1ccc2ccccc2c1C(=O)N(CCc1cccc(Br)c1)Cc1ccc(-c2cccc(C(C)(C)C(=O)O)c2)cc1. The van der Waals surface area contributed by atoms with Crippen molar-refractivity contribution in [3.05, 3.63) is 141 Å². The number of nitrogens with zero attached hydrogens (tertiary/aromatic N) is 1. The van der Waals surface area contributed by atoms with Gasteiger partial charge in [-0.1, -0.05) is 113 Å². The van der Waals surface area contributed by atoms with Gasteiger partial charge in [-0.15, -0.1) is 0 Å². The van der Waals surface area contributed by atoms with Crippen molar-refractivity contribution < 1.29 is 14.7 Å². The molecule has 42 heavy (non-hydrogen) atoms. The van der Waals surface area contributed by atoms with Crippen LogP contribution in [-0.2, 0) is 23.2 Å². The third-order valence-corrected chi connectivity index (χ3v) is 8.47. The molecule has 0 heterocycles. The number of hydrogen-bond acceptors (Lipinski definition) is 2. The van der Waals surface area contributed by atoms with Crippen molar-refractivity contribution in [2.24, 2.45) is 0 Å². The third kappa shape index (κ3) is 6.32. The second-order valence-electron chi connectivity index (χ2n) is 11.3. The van der Waals surface area contributed by atoms with Crippen molar-refractivity contribution in [2.75, 3.05) is 6.54 Å². The lowest BCUT2D eigenvalue weighted by Gasteiger charge is -2.25. The van der Waals surface area contributed by atoms with Crippen LogP contribution in [0, 0.1) is 6.92 Å². The van der Waals surface area contributed by atoms with Crippen molar-refractivity contribution in [1.29, 1.82) is 0 Å². The summed E-state index contributed by atoms with van der Waals surface area (Å²) in [4.78, 5) is 28.0. The molecule has 5 rings (SSSR count). The molecule has 4 nitrogen and oxygen atoms in total. The summed E-state index contributed by atoms with van der Waals surface area (Å²) in [6.45, 7) is 6.48. The summed E-state index contributed by atoms with van der Waals surface area (Å²) < 4.78 is 1.02. The molecule has 0 aliphatic carbocycles. The number of carbonyl (C=O) groups excluding carboxylic acids is 1. The Kier molecular flexibility index (Phi) is 8.60. The minimum absolute atomic E-state index is 0.0203. The minimum atomic E-state index is -0.981. The number of carbonyl (C=O) groups is 2. The van der Waals surface area contributed by atoms with Gasteiger partial charge in [0.1, 0.15) is 0 Å². The maximum atomic E-state index is 14.2. The lowest BCUT2D eigenvalue weighted by molar-refractivity contribution is -0.142. The van der Waals surface area contributed by atoms with Crippen molar-refractivity contribution >= 4 is 38.6 Å². The van der Waals surface area contributed by atoms with E-state index in [9.17, 15) is 14.7 Å². The predicted molar refractivity (Wildman–Crippen MR) is 174 cm³/mol. The standard InChI is InChI=1S/C37H34BrNO3/c1-25-14-17-29-9-4-5-13-33(29)34(25)35(40)39(21-20-26-8-6-12-32(38)22-26)24-27-15-18-28(19-16-27)30-10-7-11-31(23-30)37(2,3)36(41)42/h4-19,22-23H,20-21,24H2,1-3H3,(H,41,42). The van der Waals surface area contributed by atoms with Gasteiger partial charge in [-0.25, -0.2) is 0 Å². The molecule has 0 aromatic heterocycles. The zero-order valence-corrected chi connectivity index (χ0v) is 25.7. The highest BCUT2D eigenvalue weighted by atomic mass is 79.9. The monoisotopic (exact) mass is 619 g/mol. The van der Waals surface area contributed by atoms with E-state index >= 15 is 0 Å². The third-order valence-electron chi connectivity index (χ3n) is 7.98. The average Bonchev–Trinajstić information content (AvgIpc) is 2.99. The number of rotatable bonds is 9. The van der Waals surface area contributed by atoms with Crippen LogP contribution in [0.4, 0.5) is 0 Å². The van der Waals surface area contributed by atoms with Gasteiger partial charge in [-0.2, -0.15) is 0 Å². The summed E-state index contributed by atoms with van der Waals surface area (Å²) in [5.74, 6) is -0.837. The normalized spacial score (nSPS) is 11.4. The van der Waals surface area contributed by atoms with Crippen LogP contribution in [-0.4, -0.2) is 28.4 Å². The molecule has 0 aliphatic rings. The number of halogens is 1. The summed E-state index contributed by atoms with van der Waals surface area (Å²) in [7, 11) is 0. The van der Waals surface area contributed by atoms with Gasteiger partial charge in [0.05, 0.1) is 11.0 Å². The summed E-state index contributed by atoms with van der Waals surface area (Å²) in [6, 6.07) is 36.2. The highest BCUT2D eigenvalue weighted by Gasteiger charge is 2.29. The lowest BCUT2D eigenvalue weighted by Crippen LogP contribution is -2.33. The fraction of sp³-hybridized carbons (Fsp3) is 0.189. The van der Waals surface area contributed by atoms with Crippen molar-refractivity contribution in [3.8, 4) is 11.1 Å². The number of fused-ring (bicyclic) bond motifs is 1. The molecule has 0 saturated carbocycles. The maximum Gasteiger partial charge on any atom is 0.313 e. The molecule has 0 radical (unpaired) electrons. The Morgan fingerprint density at radius 3 is 2.26 bits per heavy atom. The predicted octanol–water partition coefficient (Wildman–Crippen LogP) is 8.83. The Hall–Kier alpha value is -4.22. The van der Waals surface area contributed by atoms with Crippen LogP contribution in [0.5, 0.6) is 0 Å². The van der Waals surface area contributed by atoms with Gasteiger partial charge in [0.15, 0.2) is 0 Å². The molecular weight excluding hydrogens is 586 g/mol. The smallest absolute Gasteiger partial charge is 0.313 e. The van der Waals surface area contributed by atoms with Gasteiger partial charge in [0, 0.05) is 17.6 Å². The van der Waals surface area contributed by atoms with Gasteiger partial charge in [0.25, 0.3) is 5.91 Å². The first kappa shape index (κ1) is 29.3. The first-order valence-corrected chi connectivity index (χ1v) is 14.9. The van der Waals surface area contributed by atoms with E-state index in [4.69, 9.17) is 0 Å². The molecule has 1 N–H and O–H groups in total. The van der Waals surface area contributed by atoms with E-state index in [0.29, 0.717) is 13.1 Å². The van der Waals surface area contributed by atoms with Crippen LogP contribution < -0.4 is 0 Å². The molecule has 212 valence electrons. The van der Waals surface area contributed by atoms with Gasteiger partial charge < -0.3 is 10.0 Å². The molecule has 5 aromatic rings. The van der Waals surface area contributed by atoms with Crippen molar-refractivity contribution in [2.45, 2.75) is 39.2 Å². The van der Waals surface area contributed by atoms with Crippen molar-refractivity contribution in [3.63, 3.8) is 0 Å². The van der Waals surface area contributed by atoms with E-state index < -0.39 is 11.4 Å². The number of carboxylic acids is 1. The van der Waals surface area contributed by atoms with E-state index in [-0.39, 0.29) is 5.91 Å². The van der Waals surface area contributed by atoms with E-state index in [2.05, 4.69) is 46.3 Å². The Morgan fingerprint density at radius 2 is 1.52 bits per heavy atom. The topological polar surface area (TPSA) is 57.6 Å². The van der Waals surface area contributed by atoms with Crippen LogP contribution in [0.25, 0.3) is 21.9 Å². The maximum absolute atomic E-state index is 14.2. The van der Waals surface area contributed by atoms with Crippen LogP contribution in [0.1, 0.15) is 46.5 Å². The van der Waals surface area contributed by atoms with E-state index in [1.165, 1.54) is 0 Å². The number of aryl methyl sites for hydroxylation is 1. The van der Waals surface area contributed by atoms with Crippen LogP contribution in [0.3, 0.4) is 0 Å². The quantitative estimate of drug-likeness (QED) is 0.179. The second kappa shape index (κ2) is 12.3. The Bertz CT molecular complexity index is 1760. The van der Waals surface area contributed by atoms with Crippen molar-refractivity contribution in [1.82, 2.24) is 4.90 Å². The van der Waals surface area contributed by atoms with Crippen LogP contribution >= 0.6 is 15.9 Å². The molecule has 5 aromatic carbocycles. The highest BCUT2D eigenvalue weighted by Crippen LogP contribution is 2.29. The second-order valence-corrected chi connectivity index (χ2v) is 12.2. The minimum Gasteiger partial charge on any atom is -0.481 e. The highest BCUT2D eigenvalue weighted by molar-refractivity contribution is 9.10. The Morgan fingerprint density at radius 1 is 0.786 bits per heavy atom. The molecule has 1 amide bonds. The van der Waals surface area contributed by atoms with Gasteiger partial charge in [-0.05, 0) is 83.5 Å². The summed E-state index contributed by atoms with van der Waals surface area (Å²) >= 11 is 3.56. The first-order valence-electron chi connectivity index (χ1n) is 14.1. The molecule has 0 spiro atoms. The fourth-order valence-corrected chi connectivity index (χ4v) is 5.71. The zero-order valence-electron chi connectivity index (χ0n) is 24.1. The summed E-state index contributed by atoms with van der Waals surface area (Å²) in [5, 5.41) is 11.7. The largest absolute Gasteiger partial charge is 0.481 e. The van der Waals surface area contributed by atoms with E-state index in [1.807, 2.05) is 90.7 Å². The lowest BCUT2D eigenvalue weighted by atomic mass is 9.83. The molecule has 0 aliphatic heterocycles. The molecule has 0 fully saturated rings.